The lowest BCUT2D eigenvalue weighted by Crippen LogP contribution is -2.27. The molecule has 2 aromatic rings. The number of rotatable bonds is 4. The molecule has 98 valence electrons. The van der Waals surface area contributed by atoms with Crippen molar-refractivity contribution in [2.75, 3.05) is 12.4 Å². The van der Waals surface area contributed by atoms with E-state index in [2.05, 4.69) is 5.32 Å². The largest absolute Gasteiger partial charge is 0.467 e. The van der Waals surface area contributed by atoms with E-state index in [4.69, 9.17) is 4.74 Å². The molecule has 0 radical (unpaired) electrons. The molecule has 0 bridgehead atoms. The average molecular weight is 255 g/mol. The van der Waals surface area contributed by atoms with Gasteiger partial charge in [-0.1, -0.05) is 48.5 Å². The lowest BCUT2D eigenvalue weighted by molar-refractivity contribution is -0.141. The molecule has 19 heavy (non-hydrogen) atoms. The summed E-state index contributed by atoms with van der Waals surface area (Å²) in [5.41, 5.74) is 3.10. The van der Waals surface area contributed by atoms with Gasteiger partial charge in [-0.05, 0) is 18.6 Å². The van der Waals surface area contributed by atoms with Crippen LogP contribution in [-0.4, -0.2) is 19.1 Å². The van der Waals surface area contributed by atoms with Crippen molar-refractivity contribution in [2.24, 2.45) is 0 Å². The summed E-state index contributed by atoms with van der Waals surface area (Å²) in [7, 11) is 1.39. The molecule has 2 rings (SSSR count). The quantitative estimate of drug-likeness (QED) is 0.852. The zero-order chi connectivity index (χ0) is 13.7. The lowest BCUT2D eigenvalue weighted by Gasteiger charge is -2.16. The van der Waals surface area contributed by atoms with E-state index in [1.165, 1.54) is 7.11 Å². The maximum atomic E-state index is 11.5. The molecule has 0 saturated carbocycles. The first-order chi connectivity index (χ1) is 9.22. The molecule has 0 spiro atoms. The number of nitrogens with one attached hydrogen (secondary N) is 1. The zero-order valence-corrected chi connectivity index (χ0v) is 11.1. The summed E-state index contributed by atoms with van der Waals surface area (Å²) < 4.78 is 4.73. The van der Waals surface area contributed by atoms with Gasteiger partial charge < -0.3 is 10.1 Å². The fraction of sp³-hybridized carbons (Fsp3) is 0.188. The topological polar surface area (TPSA) is 38.3 Å². The Morgan fingerprint density at radius 1 is 1.05 bits per heavy atom. The number of para-hydroxylation sites is 1. The zero-order valence-electron chi connectivity index (χ0n) is 11.1. The fourth-order valence-corrected chi connectivity index (χ4v) is 1.95. The number of esters is 1. The van der Waals surface area contributed by atoms with Crippen molar-refractivity contribution in [3.05, 3.63) is 54.6 Å². The maximum absolute atomic E-state index is 11.5. The third kappa shape index (κ3) is 3.13. The number of carbonyl (C=O) groups is 1. The number of ether oxygens (including phenoxy) is 1. The van der Waals surface area contributed by atoms with Gasteiger partial charge in [0.15, 0.2) is 0 Å². The predicted molar refractivity (Wildman–Crippen MR) is 77.0 cm³/mol. The first kappa shape index (κ1) is 13.1. The third-order valence-electron chi connectivity index (χ3n) is 2.94. The van der Waals surface area contributed by atoms with Crippen LogP contribution in [0.4, 0.5) is 5.69 Å². The van der Waals surface area contributed by atoms with E-state index >= 15 is 0 Å². The smallest absolute Gasteiger partial charge is 0.327 e. The van der Waals surface area contributed by atoms with Gasteiger partial charge in [-0.15, -0.1) is 0 Å². The van der Waals surface area contributed by atoms with E-state index in [0.717, 1.165) is 16.8 Å². The predicted octanol–water partition coefficient (Wildman–Crippen LogP) is 3.33. The molecule has 0 aromatic heterocycles. The second kappa shape index (κ2) is 6.05. The maximum Gasteiger partial charge on any atom is 0.327 e. The van der Waals surface area contributed by atoms with Crippen LogP contribution in [0.25, 0.3) is 11.1 Å². The Kier molecular flexibility index (Phi) is 4.18. The lowest BCUT2D eigenvalue weighted by atomic mass is 10.0. The fourth-order valence-electron chi connectivity index (χ4n) is 1.95. The molecule has 0 aliphatic rings. The Morgan fingerprint density at radius 2 is 1.68 bits per heavy atom. The van der Waals surface area contributed by atoms with Crippen molar-refractivity contribution in [1.29, 1.82) is 0 Å². The summed E-state index contributed by atoms with van der Waals surface area (Å²) in [6.07, 6.45) is 0. The third-order valence-corrected chi connectivity index (χ3v) is 2.94. The summed E-state index contributed by atoms with van der Waals surface area (Å²) in [6.45, 7) is 1.79. The second-order valence-corrected chi connectivity index (χ2v) is 4.30. The molecule has 0 amide bonds. The molecule has 3 nitrogen and oxygen atoms in total. The molecule has 0 fully saturated rings. The summed E-state index contributed by atoms with van der Waals surface area (Å²) in [4.78, 5) is 11.5. The summed E-state index contributed by atoms with van der Waals surface area (Å²) in [5.74, 6) is -0.275. The molecule has 0 heterocycles. The van der Waals surface area contributed by atoms with Crippen LogP contribution in [0.2, 0.25) is 0 Å². The van der Waals surface area contributed by atoms with Gasteiger partial charge in [-0.3, -0.25) is 0 Å². The van der Waals surface area contributed by atoms with Gasteiger partial charge in [0.25, 0.3) is 0 Å². The van der Waals surface area contributed by atoms with E-state index in [1.54, 1.807) is 6.92 Å². The van der Waals surface area contributed by atoms with Gasteiger partial charge in [0, 0.05) is 11.3 Å². The Hall–Kier alpha value is -2.29. The molecule has 0 aliphatic heterocycles. The van der Waals surface area contributed by atoms with E-state index in [9.17, 15) is 4.79 Å². The highest BCUT2D eigenvalue weighted by atomic mass is 16.5. The second-order valence-electron chi connectivity index (χ2n) is 4.30. The van der Waals surface area contributed by atoms with Crippen LogP contribution in [0.3, 0.4) is 0 Å². The molecule has 0 aliphatic carbocycles. The van der Waals surface area contributed by atoms with E-state index in [1.807, 2.05) is 54.6 Å². The van der Waals surface area contributed by atoms with Crippen molar-refractivity contribution in [3.8, 4) is 11.1 Å². The molecule has 1 unspecified atom stereocenters. The van der Waals surface area contributed by atoms with Crippen LogP contribution >= 0.6 is 0 Å². The highest BCUT2D eigenvalue weighted by Crippen LogP contribution is 2.27. The molecular weight excluding hydrogens is 238 g/mol. The van der Waals surface area contributed by atoms with Crippen LogP contribution in [-0.2, 0) is 9.53 Å². The van der Waals surface area contributed by atoms with E-state index < -0.39 is 0 Å². The highest BCUT2D eigenvalue weighted by Gasteiger charge is 2.14. The van der Waals surface area contributed by atoms with Crippen LogP contribution in [0.5, 0.6) is 0 Å². The molecule has 1 N–H and O–H groups in total. The Labute approximate surface area is 113 Å². The van der Waals surface area contributed by atoms with Gasteiger partial charge in [0.2, 0.25) is 0 Å². The average Bonchev–Trinajstić information content (AvgIpc) is 2.47. The number of hydrogen-bond acceptors (Lipinski definition) is 3. The minimum atomic E-state index is -0.380. The first-order valence-corrected chi connectivity index (χ1v) is 6.21. The van der Waals surface area contributed by atoms with Crippen molar-refractivity contribution < 1.29 is 9.53 Å². The molecule has 2 aromatic carbocycles. The van der Waals surface area contributed by atoms with Gasteiger partial charge in [-0.25, -0.2) is 4.79 Å². The van der Waals surface area contributed by atoms with Crippen molar-refractivity contribution in [1.82, 2.24) is 0 Å². The number of benzene rings is 2. The number of hydrogen-bond donors (Lipinski definition) is 1. The van der Waals surface area contributed by atoms with Crippen LogP contribution < -0.4 is 5.32 Å². The minimum absolute atomic E-state index is 0.275. The summed E-state index contributed by atoms with van der Waals surface area (Å²) in [5, 5.41) is 3.19. The molecule has 3 heteroatoms. The number of carbonyl (C=O) groups excluding carboxylic acids is 1. The Morgan fingerprint density at radius 3 is 2.37 bits per heavy atom. The molecular formula is C16H17NO2. The Balaban J connectivity index is 2.30. The van der Waals surface area contributed by atoms with Gasteiger partial charge in [-0.2, -0.15) is 0 Å². The van der Waals surface area contributed by atoms with Crippen molar-refractivity contribution >= 4 is 11.7 Å². The standard InChI is InChI=1S/C16H17NO2/c1-12(16(18)19-2)17-15-11-7-6-10-14(15)13-8-4-3-5-9-13/h3-12,17H,1-2H3. The van der Waals surface area contributed by atoms with Crippen LogP contribution in [0.1, 0.15) is 6.92 Å². The minimum Gasteiger partial charge on any atom is -0.467 e. The van der Waals surface area contributed by atoms with Crippen LogP contribution in [0, 0.1) is 0 Å². The summed E-state index contributed by atoms with van der Waals surface area (Å²) >= 11 is 0. The van der Waals surface area contributed by atoms with Crippen molar-refractivity contribution in [3.63, 3.8) is 0 Å². The number of anilines is 1. The van der Waals surface area contributed by atoms with Gasteiger partial charge in [0.1, 0.15) is 6.04 Å². The normalized spacial score (nSPS) is 11.7. The number of methoxy groups -OCH3 is 1. The van der Waals surface area contributed by atoms with Crippen molar-refractivity contribution in [2.45, 2.75) is 13.0 Å². The van der Waals surface area contributed by atoms with Gasteiger partial charge >= 0.3 is 5.97 Å². The Bertz CT molecular complexity index is 552. The first-order valence-electron chi connectivity index (χ1n) is 6.21. The SMILES string of the molecule is COC(=O)C(C)Nc1ccccc1-c1ccccc1. The van der Waals surface area contributed by atoms with Gasteiger partial charge in [0.05, 0.1) is 7.11 Å². The van der Waals surface area contributed by atoms with E-state index in [0.29, 0.717) is 0 Å². The molecule has 0 saturated heterocycles. The monoisotopic (exact) mass is 255 g/mol. The highest BCUT2D eigenvalue weighted by molar-refractivity contribution is 5.83. The summed E-state index contributed by atoms with van der Waals surface area (Å²) in [6, 6.07) is 17.6. The van der Waals surface area contributed by atoms with Crippen LogP contribution in [0.15, 0.2) is 54.6 Å². The molecule has 1 atom stereocenters. The van der Waals surface area contributed by atoms with E-state index in [-0.39, 0.29) is 12.0 Å².